The summed E-state index contributed by atoms with van der Waals surface area (Å²) < 4.78 is 0. The predicted molar refractivity (Wildman–Crippen MR) is 69.9 cm³/mol. The summed E-state index contributed by atoms with van der Waals surface area (Å²) in [5.74, 6) is -0.897. The van der Waals surface area contributed by atoms with Crippen LogP contribution in [0, 0.1) is 0 Å². The molecule has 3 heteroatoms. The summed E-state index contributed by atoms with van der Waals surface area (Å²) >= 11 is 0. The van der Waals surface area contributed by atoms with E-state index in [1.165, 1.54) is 0 Å². The van der Waals surface area contributed by atoms with Gasteiger partial charge in [0.15, 0.2) is 0 Å². The van der Waals surface area contributed by atoms with Crippen molar-refractivity contribution < 1.29 is 15.0 Å². The molecule has 0 saturated heterocycles. The number of carboxylic acid groups (broad SMARTS) is 1. The summed E-state index contributed by atoms with van der Waals surface area (Å²) in [6.45, 7) is 5.86. The second-order valence-corrected chi connectivity index (χ2v) is 4.31. The zero-order valence-electron chi connectivity index (χ0n) is 11.1. The van der Waals surface area contributed by atoms with E-state index in [1.807, 2.05) is 13.8 Å². The number of allylic oxidation sites excluding steroid dienone is 2. The summed E-state index contributed by atoms with van der Waals surface area (Å²) in [6, 6.07) is 0. The van der Waals surface area contributed by atoms with Gasteiger partial charge in [0, 0.05) is 5.57 Å². The minimum absolute atomic E-state index is 0.358. The lowest BCUT2D eigenvalue weighted by Gasteiger charge is -2.23. The lowest BCUT2D eigenvalue weighted by molar-refractivity contribution is -0.132. The third-order valence-corrected chi connectivity index (χ3v) is 2.73. The van der Waals surface area contributed by atoms with E-state index in [9.17, 15) is 9.90 Å². The van der Waals surface area contributed by atoms with E-state index in [1.54, 1.807) is 25.2 Å². The van der Waals surface area contributed by atoms with Crippen LogP contribution in [-0.2, 0) is 4.79 Å². The van der Waals surface area contributed by atoms with Gasteiger partial charge in [-0.25, -0.2) is 4.79 Å². The number of hydrogen-bond donors (Lipinski definition) is 2. The van der Waals surface area contributed by atoms with Crippen LogP contribution >= 0.6 is 0 Å². The number of aliphatic hydroxyl groups is 1. The summed E-state index contributed by atoms with van der Waals surface area (Å²) in [6.07, 6.45) is 8.67. The molecule has 0 aromatic carbocycles. The molecule has 0 amide bonds. The first-order valence-corrected chi connectivity index (χ1v) is 6.33. The van der Waals surface area contributed by atoms with Crippen LogP contribution in [0.25, 0.3) is 0 Å². The fourth-order valence-corrected chi connectivity index (χ4v) is 1.84. The van der Waals surface area contributed by atoms with Gasteiger partial charge in [0.1, 0.15) is 0 Å². The van der Waals surface area contributed by atoms with Crippen molar-refractivity contribution in [2.24, 2.45) is 0 Å². The Balaban J connectivity index is 4.69. The van der Waals surface area contributed by atoms with Crippen LogP contribution in [0.5, 0.6) is 0 Å². The Bertz CT molecular complexity index is 284. The van der Waals surface area contributed by atoms with Gasteiger partial charge in [0.2, 0.25) is 0 Å². The van der Waals surface area contributed by atoms with Crippen molar-refractivity contribution in [1.82, 2.24) is 0 Å². The monoisotopic (exact) mass is 240 g/mol. The summed E-state index contributed by atoms with van der Waals surface area (Å²) in [5.41, 5.74) is -0.436. The Labute approximate surface area is 104 Å². The Morgan fingerprint density at radius 3 is 2.06 bits per heavy atom. The van der Waals surface area contributed by atoms with Gasteiger partial charge in [0.05, 0.1) is 5.60 Å². The number of carbonyl (C=O) groups is 1. The largest absolute Gasteiger partial charge is 0.478 e. The fraction of sp³-hybridized carbons (Fsp3) is 0.643. The molecule has 0 bridgehead atoms. The zero-order chi connectivity index (χ0) is 13.3. The van der Waals surface area contributed by atoms with E-state index in [4.69, 9.17) is 5.11 Å². The molecule has 0 rings (SSSR count). The first-order valence-electron chi connectivity index (χ1n) is 6.33. The van der Waals surface area contributed by atoms with Gasteiger partial charge >= 0.3 is 5.97 Å². The molecule has 0 atom stereocenters. The van der Waals surface area contributed by atoms with Crippen LogP contribution in [0.3, 0.4) is 0 Å². The van der Waals surface area contributed by atoms with Crippen molar-refractivity contribution in [1.29, 1.82) is 0 Å². The first-order chi connectivity index (χ1) is 7.99. The van der Waals surface area contributed by atoms with Crippen LogP contribution in [0.1, 0.15) is 52.9 Å². The summed E-state index contributed by atoms with van der Waals surface area (Å²) in [4.78, 5) is 10.8. The molecular formula is C14H24O3. The molecule has 0 heterocycles. The van der Waals surface area contributed by atoms with Crippen molar-refractivity contribution in [3.05, 3.63) is 23.8 Å². The molecule has 0 saturated carbocycles. The maximum atomic E-state index is 10.8. The third-order valence-electron chi connectivity index (χ3n) is 2.73. The Hall–Kier alpha value is -1.09. The second-order valence-electron chi connectivity index (χ2n) is 4.31. The average molecular weight is 240 g/mol. The molecular weight excluding hydrogens is 216 g/mol. The highest BCUT2D eigenvalue weighted by molar-refractivity contribution is 5.86. The zero-order valence-corrected chi connectivity index (χ0v) is 11.1. The molecule has 0 fully saturated rings. The Kier molecular flexibility index (Phi) is 7.55. The van der Waals surface area contributed by atoms with Gasteiger partial charge in [-0.15, -0.1) is 0 Å². The van der Waals surface area contributed by atoms with Crippen LogP contribution in [0.15, 0.2) is 23.8 Å². The van der Waals surface area contributed by atoms with Gasteiger partial charge in [-0.05, 0) is 19.3 Å². The highest BCUT2D eigenvalue weighted by Crippen LogP contribution is 2.21. The molecule has 0 aromatic heterocycles. The lowest BCUT2D eigenvalue weighted by atomic mass is 9.92. The molecule has 0 aliphatic rings. The molecule has 0 radical (unpaired) electrons. The fourth-order valence-electron chi connectivity index (χ4n) is 1.84. The molecule has 0 aromatic rings. The van der Waals surface area contributed by atoms with E-state index in [2.05, 4.69) is 0 Å². The number of rotatable bonds is 8. The van der Waals surface area contributed by atoms with Crippen LogP contribution in [-0.4, -0.2) is 21.8 Å². The minimum atomic E-state index is -0.897. The van der Waals surface area contributed by atoms with Crippen molar-refractivity contribution in [2.45, 2.75) is 58.5 Å². The molecule has 3 nitrogen and oxygen atoms in total. The quantitative estimate of drug-likeness (QED) is 0.505. The third kappa shape index (κ3) is 6.27. The maximum Gasteiger partial charge on any atom is 0.331 e. The molecule has 0 unspecified atom stereocenters. The smallest absolute Gasteiger partial charge is 0.331 e. The van der Waals surface area contributed by atoms with E-state index in [0.29, 0.717) is 24.8 Å². The number of hydrogen-bond acceptors (Lipinski definition) is 2. The van der Waals surface area contributed by atoms with Gasteiger partial charge in [-0.3, -0.25) is 0 Å². The SMILES string of the molecule is CCCC(O)(C=CC=C(CC)C(=O)O)CCC. The van der Waals surface area contributed by atoms with Crippen molar-refractivity contribution in [2.75, 3.05) is 0 Å². The minimum Gasteiger partial charge on any atom is -0.478 e. The lowest BCUT2D eigenvalue weighted by Crippen LogP contribution is -2.24. The molecule has 0 aliphatic carbocycles. The normalized spacial score (nSPS) is 13.3. The van der Waals surface area contributed by atoms with Crippen molar-refractivity contribution in [3.63, 3.8) is 0 Å². The molecule has 0 aliphatic heterocycles. The highest BCUT2D eigenvalue weighted by Gasteiger charge is 2.20. The predicted octanol–water partition coefficient (Wildman–Crippen LogP) is 3.29. The van der Waals surface area contributed by atoms with Crippen molar-refractivity contribution in [3.8, 4) is 0 Å². The Morgan fingerprint density at radius 2 is 1.71 bits per heavy atom. The van der Waals surface area contributed by atoms with Gasteiger partial charge in [-0.2, -0.15) is 0 Å². The molecule has 2 N–H and O–H groups in total. The topological polar surface area (TPSA) is 57.5 Å². The number of carboxylic acids is 1. The second kappa shape index (κ2) is 8.07. The van der Waals surface area contributed by atoms with Gasteiger partial charge in [-0.1, -0.05) is 51.8 Å². The van der Waals surface area contributed by atoms with Gasteiger partial charge < -0.3 is 10.2 Å². The van der Waals surface area contributed by atoms with E-state index >= 15 is 0 Å². The van der Waals surface area contributed by atoms with Crippen LogP contribution < -0.4 is 0 Å². The summed E-state index contributed by atoms with van der Waals surface area (Å²) in [5, 5.41) is 19.1. The number of aliphatic carboxylic acids is 1. The van der Waals surface area contributed by atoms with E-state index < -0.39 is 11.6 Å². The van der Waals surface area contributed by atoms with Crippen LogP contribution in [0.4, 0.5) is 0 Å². The molecule has 17 heavy (non-hydrogen) atoms. The van der Waals surface area contributed by atoms with E-state index in [-0.39, 0.29) is 0 Å². The maximum absolute atomic E-state index is 10.8. The van der Waals surface area contributed by atoms with Gasteiger partial charge in [0.25, 0.3) is 0 Å². The standard InChI is InChI=1S/C14H24O3/c1-4-9-14(17,10-5-2)11-7-8-12(6-3)13(15)16/h7-8,11,17H,4-6,9-10H2,1-3H3,(H,15,16). The first kappa shape index (κ1) is 15.9. The average Bonchev–Trinajstić information content (AvgIpc) is 2.24. The summed E-state index contributed by atoms with van der Waals surface area (Å²) in [7, 11) is 0. The van der Waals surface area contributed by atoms with E-state index in [0.717, 1.165) is 12.8 Å². The Morgan fingerprint density at radius 1 is 1.18 bits per heavy atom. The highest BCUT2D eigenvalue weighted by atomic mass is 16.4. The molecule has 98 valence electrons. The van der Waals surface area contributed by atoms with Crippen LogP contribution in [0.2, 0.25) is 0 Å². The molecule has 0 spiro atoms. The van der Waals surface area contributed by atoms with Crippen molar-refractivity contribution >= 4 is 5.97 Å².